The normalized spacial score (nSPS) is 11.3. The smallest absolute Gasteiger partial charge is 0.260 e. The number of nitrogens with one attached hydrogen (secondary N) is 2. The number of ketones is 1. The topological polar surface area (TPSA) is 65.7 Å². The van der Waals surface area contributed by atoms with E-state index in [4.69, 9.17) is 11.6 Å². The van der Waals surface area contributed by atoms with Gasteiger partial charge >= 0.3 is 0 Å². The predicted molar refractivity (Wildman–Crippen MR) is 109 cm³/mol. The zero-order valence-electron chi connectivity index (χ0n) is 14.1. The second kappa shape index (κ2) is 6.34. The summed E-state index contributed by atoms with van der Waals surface area (Å²) >= 11 is 7.74. The Morgan fingerprint density at radius 3 is 2.62 bits per heavy atom. The van der Waals surface area contributed by atoms with Gasteiger partial charge in [-0.3, -0.25) is 9.59 Å². The zero-order valence-corrected chi connectivity index (χ0v) is 15.7. The van der Waals surface area contributed by atoms with E-state index < -0.39 is 5.56 Å². The monoisotopic (exact) mass is 382 g/mol. The van der Waals surface area contributed by atoms with Crippen molar-refractivity contribution >= 4 is 51.1 Å². The lowest BCUT2D eigenvalue weighted by molar-refractivity contribution is 0.101. The molecule has 0 saturated carbocycles. The van der Waals surface area contributed by atoms with E-state index >= 15 is 0 Å². The van der Waals surface area contributed by atoms with Crippen LogP contribution in [0.3, 0.4) is 0 Å². The van der Waals surface area contributed by atoms with Crippen LogP contribution in [0.15, 0.2) is 52.2 Å². The maximum absolute atomic E-state index is 12.7. The molecule has 4 aromatic rings. The Morgan fingerprint density at radius 2 is 1.88 bits per heavy atom. The second-order valence-electron chi connectivity index (χ2n) is 6.06. The standard InChI is InChI=1S/C20H15ClN2O2S/c1-10(24)16-17(11-4-3-5-13(8-11)26-2)19-18(23-20(16)25)14-9-12(21)6-7-15(14)22-19/h3-9,22H,1-2H3,(H,23,25). The molecule has 130 valence electrons. The first-order valence-corrected chi connectivity index (χ1v) is 9.62. The van der Waals surface area contributed by atoms with Crippen molar-refractivity contribution in [1.29, 1.82) is 0 Å². The summed E-state index contributed by atoms with van der Waals surface area (Å²) in [5, 5.41) is 1.41. The molecule has 0 unspecified atom stereocenters. The van der Waals surface area contributed by atoms with Crippen LogP contribution in [0, 0.1) is 0 Å². The van der Waals surface area contributed by atoms with Crippen LogP contribution in [0.5, 0.6) is 0 Å². The number of fused-ring (bicyclic) bond motifs is 3. The number of H-pyrrole nitrogens is 2. The number of rotatable bonds is 3. The van der Waals surface area contributed by atoms with Gasteiger partial charge in [0.25, 0.3) is 5.56 Å². The molecule has 0 atom stereocenters. The summed E-state index contributed by atoms with van der Waals surface area (Å²) in [6.45, 7) is 1.41. The van der Waals surface area contributed by atoms with Gasteiger partial charge < -0.3 is 9.97 Å². The SMILES string of the molecule is CSc1cccc(-c2c(C(C)=O)c(=O)[nH]c3c2[nH]c2ccc(Cl)cc23)c1. The fourth-order valence-corrected chi connectivity index (χ4v) is 3.93. The first-order chi connectivity index (χ1) is 12.5. The van der Waals surface area contributed by atoms with Crippen LogP contribution in [-0.2, 0) is 0 Å². The highest BCUT2D eigenvalue weighted by molar-refractivity contribution is 7.98. The zero-order chi connectivity index (χ0) is 18.4. The number of carbonyl (C=O) groups is 1. The molecule has 2 heterocycles. The number of pyridine rings is 1. The molecule has 2 aromatic heterocycles. The molecule has 4 nitrogen and oxygen atoms in total. The summed E-state index contributed by atoms with van der Waals surface area (Å²) in [5.41, 5.74) is 3.45. The van der Waals surface area contributed by atoms with E-state index in [0.29, 0.717) is 16.1 Å². The number of Topliss-reactive ketones (excluding diaryl/α,β-unsaturated/α-hetero) is 1. The van der Waals surface area contributed by atoms with Gasteiger partial charge in [-0.25, -0.2) is 0 Å². The van der Waals surface area contributed by atoms with Gasteiger partial charge in [-0.2, -0.15) is 0 Å². The maximum atomic E-state index is 12.7. The third kappa shape index (κ3) is 2.64. The summed E-state index contributed by atoms with van der Waals surface area (Å²) in [6, 6.07) is 13.3. The van der Waals surface area contributed by atoms with E-state index in [-0.39, 0.29) is 11.3 Å². The average molecular weight is 383 g/mol. The van der Waals surface area contributed by atoms with E-state index in [1.807, 2.05) is 36.6 Å². The molecule has 0 bridgehead atoms. The Kier molecular flexibility index (Phi) is 4.13. The highest BCUT2D eigenvalue weighted by Crippen LogP contribution is 2.35. The lowest BCUT2D eigenvalue weighted by atomic mass is 9.97. The van der Waals surface area contributed by atoms with Gasteiger partial charge in [0.05, 0.1) is 16.6 Å². The van der Waals surface area contributed by atoms with E-state index in [1.54, 1.807) is 23.9 Å². The van der Waals surface area contributed by atoms with Gasteiger partial charge in [-0.15, -0.1) is 11.8 Å². The van der Waals surface area contributed by atoms with E-state index in [1.165, 1.54) is 6.92 Å². The highest BCUT2D eigenvalue weighted by atomic mass is 35.5. The molecular formula is C20H15ClN2O2S. The van der Waals surface area contributed by atoms with Crippen LogP contribution in [0.25, 0.3) is 33.1 Å². The number of hydrogen-bond acceptors (Lipinski definition) is 3. The molecule has 0 saturated heterocycles. The highest BCUT2D eigenvalue weighted by Gasteiger charge is 2.21. The molecule has 0 fully saturated rings. The van der Waals surface area contributed by atoms with Crippen LogP contribution >= 0.6 is 23.4 Å². The Hall–Kier alpha value is -2.50. The van der Waals surface area contributed by atoms with Gasteiger partial charge in [-0.05, 0) is 49.1 Å². The number of benzene rings is 2. The molecule has 26 heavy (non-hydrogen) atoms. The van der Waals surface area contributed by atoms with Crippen LogP contribution in [-0.4, -0.2) is 22.0 Å². The second-order valence-corrected chi connectivity index (χ2v) is 7.37. The lowest BCUT2D eigenvalue weighted by Gasteiger charge is -2.10. The Bertz CT molecular complexity index is 1240. The molecule has 0 aliphatic heterocycles. The molecule has 0 aliphatic carbocycles. The first kappa shape index (κ1) is 16.9. The summed E-state index contributed by atoms with van der Waals surface area (Å²) in [4.78, 5) is 32.3. The van der Waals surface area contributed by atoms with Crippen LogP contribution in [0.4, 0.5) is 0 Å². The maximum Gasteiger partial charge on any atom is 0.260 e. The van der Waals surface area contributed by atoms with E-state index in [9.17, 15) is 9.59 Å². The van der Waals surface area contributed by atoms with Crippen molar-refractivity contribution in [3.63, 3.8) is 0 Å². The Morgan fingerprint density at radius 1 is 1.08 bits per heavy atom. The third-order valence-electron chi connectivity index (χ3n) is 4.44. The number of aromatic nitrogens is 2. The summed E-state index contributed by atoms with van der Waals surface area (Å²) in [5.74, 6) is -0.269. The fraction of sp³-hybridized carbons (Fsp3) is 0.100. The van der Waals surface area contributed by atoms with Gasteiger partial charge in [-0.1, -0.05) is 23.7 Å². The number of halogens is 1. The van der Waals surface area contributed by atoms with Crippen molar-refractivity contribution in [1.82, 2.24) is 9.97 Å². The molecule has 4 rings (SSSR count). The quantitative estimate of drug-likeness (QED) is 0.375. The molecule has 0 spiro atoms. The predicted octanol–water partition coefficient (Wildman–Crippen LogP) is 5.25. The van der Waals surface area contributed by atoms with Crippen molar-refractivity contribution < 1.29 is 4.79 Å². The van der Waals surface area contributed by atoms with E-state index in [2.05, 4.69) is 9.97 Å². The van der Waals surface area contributed by atoms with Gasteiger partial charge in [0, 0.05) is 26.4 Å². The van der Waals surface area contributed by atoms with Gasteiger partial charge in [0.2, 0.25) is 0 Å². The molecule has 2 aromatic carbocycles. The molecule has 2 N–H and O–H groups in total. The molecule has 0 amide bonds. The third-order valence-corrected chi connectivity index (χ3v) is 5.40. The van der Waals surface area contributed by atoms with Gasteiger partial charge in [0.15, 0.2) is 5.78 Å². The summed E-state index contributed by atoms with van der Waals surface area (Å²) in [7, 11) is 0. The molecule has 0 radical (unpaired) electrons. The molecule has 6 heteroatoms. The minimum Gasteiger partial charge on any atom is -0.353 e. The first-order valence-electron chi connectivity index (χ1n) is 8.02. The molecule has 0 aliphatic rings. The number of carbonyl (C=O) groups excluding carboxylic acids is 1. The number of hydrogen-bond donors (Lipinski definition) is 2. The van der Waals surface area contributed by atoms with Crippen molar-refractivity contribution in [2.24, 2.45) is 0 Å². The van der Waals surface area contributed by atoms with Crippen LogP contribution < -0.4 is 5.56 Å². The van der Waals surface area contributed by atoms with Crippen molar-refractivity contribution in [3.05, 3.63) is 63.4 Å². The average Bonchev–Trinajstić information content (AvgIpc) is 2.97. The lowest BCUT2D eigenvalue weighted by Crippen LogP contribution is -2.17. The minimum absolute atomic E-state index is 0.161. The summed E-state index contributed by atoms with van der Waals surface area (Å²) < 4.78 is 0. The largest absolute Gasteiger partial charge is 0.353 e. The van der Waals surface area contributed by atoms with Crippen LogP contribution in [0.1, 0.15) is 17.3 Å². The van der Waals surface area contributed by atoms with Crippen molar-refractivity contribution in [2.45, 2.75) is 11.8 Å². The fourth-order valence-electron chi connectivity index (χ4n) is 3.30. The Balaban J connectivity index is 2.20. The van der Waals surface area contributed by atoms with Crippen molar-refractivity contribution in [2.75, 3.05) is 6.26 Å². The molecular weight excluding hydrogens is 368 g/mol. The van der Waals surface area contributed by atoms with Crippen molar-refractivity contribution in [3.8, 4) is 11.1 Å². The summed E-state index contributed by atoms with van der Waals surface area (Å²) in [6.07, 6.45) is 1.99. The minimum atomic E-state index is -0.393. The number of thioether (sulfide) groups is 1. The Labute approximate surface area is 158 Å². The van der Waals surface area contributed by atoms with E-state index in [0.717, 1.165) is 26.9 Å². The van der Waals surface area contributed by atoms with Crippen LogP contribution in [0.2, 0.25) is 5.02 Å². The van der Waals surface area contributed by atoms with Gasteiger partial charge in [0.1, 0.15) is 0 Å². The number of aromatic amines is 2.